The predicted molar refractivity (Wildman–Crippen MR) is 98.6 cm³/mol. The summed E-state index contributed by atoms with van der Waals surface area (Å²) < 4.78 is 0. The monoisotopic (exact) mass is 372 g/mol. The highest BCUT2D eigenvalue weighted by Crippen LogP contribution is 2.67. The molecular formula is C22H28O5. The lowest BCUT2D eigenvalue weighted by Gasteiger charge is -2.56. The van der Waals surface area contributed by atoms with Crippen molar-refractivity contribution in [2.75, 3.05) is 6.61 Å². The van der Waals surface area contributed by atoms with Crippen LogP contribution in [0.1, 0.15) is 46.5 Å². The van der Waals surface area contributed by atoms with Gasteiger partial charge in [0.15, 0.2) is 11.6 Å². The first kappa shape index (κ1) is 18.8. The number of aliphatic hydroxyl groups excluding tert-OH is 1. The quantitative estimate of drug-likeness (QED) is 0.774. The van der Waals surface area contributed by atoms with Gasteiger partial charge in [0, 0.05) is 23.2 Å². The van der Waals surface area contributed by atoms with Gasteiger partial charge in [-0.1, -0.05) is 32.4 Å². The van der Waals surface area contributed by atoms with E-state index in [0.29, 0.717) is 6.42 Å². The third-order valence-electron chi connectivity index (χ3n) is 8.41. The fourth-order valence-corrected chi connectivity index (χ4v) is 7.08. The number of carbonyl (C=O) groups excluding carboxylic acids is 3. The van der Waals surface area contributed by atoms with Crippen LogP contribution in [0.3, 0.4) is 0 Å². The minimum Gasteiger partial charge on any atom is -0.388 e. The van der Waals surface area contributed by atoms with Crippen molar-refractivity contribution in [3.63, 3.8) is 0 Å². The van der Waals surface area contributed by atoms with Crippen LogP contribution in [-0.4, -0.2) is 39.8 Å². The molecule has 7 atom stereocenters. The molecule has 0 bridgehead atoms. The van der Waals surface area contributed by atoms with Gasteiger partial charge in [-0.2, -0.15) is 0 Å². The maximum Gasteiger partial charge on any atom is 0.190 e. The Morgan fingerprint density at radius 1 is 1.30 bits per heavy atom. The van der Waals surface area contributed by atoms with Crippen molar-refractivity contribution in [3.8, 4) is 0 Å². The van der Waals surface area contributed by atoms with Crippen LogP contribution in [0.25, 0.3) is 0 Å². The molecule has 4 aliphatic rings. The molecule has 0 spiro atoms. The van der Waals surface area contributed by atoms with Crippen molar-refractivity contribution < 1.29 is 24.6 Å². The molecule has 0 heterocycles. The highest BCUT2D eigenvalue weighted by atomic mass is 16.3. The maximum absolute atomic E-state index is 13.4. The van der Waals surface area contributed by atoms with Gasteiger partial charge in [-0.05, 0) is 49.2 Å². The molecule has 0 saturated heterocycles. The fourth-order valence-electron chi connectivity index (χ4n) is 7.08. The lowest BCUT2D eigenvalue weighted by atomic mass is 9.46. The van der Waals surface area contributed by atoms with Gasteiger partial charge >= 0.3 is 0 Å². The van der Waals surface area contributed by atoms with E-state index in [1.165, 1.54) is 0 Å². The van der Waals surface area contributed by atoms with E-state index < -0.39 is 28.8 Å². The van der Waals surface area contributed by atoms with Gasteiger partial charge in [0.05, 0.1) is 0 Å². The Morgan fingerprint density at radius 3 is 2.67 bits per heavy atom. The third kappa shape index (κ3) is 2.16. The number of fused-ring (bicyclic) bond motifs is 5. The molecule has 0 unspecified atom stereocenters. The van der Waals surface area contributed by atoms with Crippen molar-refractivity contribution >= 4 is 17.3 Å². The number of hydrogen-bond donors (Lipinski definition) is 2. The van der Waals surface area contributed by atoms with Gasteiger partial charge < -0.3 is 10.2 Å². The smallest absolute Gasteiger partial charge is 0.190 e. The summed E-state index contributed by atoms with van der Waals surface area (Å²) in [4.78, 5) is 37.8. The minimum atomic E-state index is -1.66. The number of hydrogen-bond acceptors (Lipinski definition) is 5. The van der Waals surface area contributed by atoms with Gasteiger partial charge in [0.25, 0.3) is 0 Å². The average molecular weight is 372 g/mol. The highest BCUT2D eigenvalue weighted by Gasteiger charge is 2.70. The van der Waals surface area contributed by atoms with Crippen LogP contribution in [0.5, 0.6) is 0 Å². The molecule has 4 rings (SSSR count). The molecule has 4 aliphatic carbocycles. The highest BCUT2D eigenvalue weighted by molar-refractivity contribution is 6.02. The lowest BCUT2D eigenvalue weighted by molar-refractivity contribution is -0.173. The van der Waals surface area contributed by atoms with Gasteiger partial charge in [0.1, 0.15) is 18.0 Å². The summed E-state index contributed by atoms with van der Waals surface area (Å²) in [5, 5.41) is 20.8. The molecule has 3 fully saturated rings. The predicted octanol–water partition coefficient (Wildman–Crippen LogP) is 2.01. The topological polar surface area (TPSA) is 91.7 Å². The number of ketones is 3. The molecule has 27 heavy (non-hydrogen) atoms. The molecule has 2 N–H and O–H groups in total. The van der Waals surface area contributed by atoms with E-state index in [-0.39, 0.29) is 41.7 Å². The minimum absolute atomic E-state index is 0.0218. The zero-order valence-corrected chi connectivity index (χ0v) is 16.2. The van der Waals surface area contributed by atoms with Crippen LogP contribution in [0.2, 0.25) is 0 Å². The Labute approximate surface area is 159 Å². The van der Waals surface area contributed by atoms with Crippen LogP contribution in [-0.2, 0) is 14.4 Å². The summed E-state index contributed by atoms with van der Waals surface area (Å²) in [5.41, 5.74) is -1.94. The number of rotatable bonds is 2. The second-order valence-corrected chi connectivity index (χ2v) is 9.52. The number of aliphatic hydroxyl groups is 2. The Hall–Kier alpha value is -1.59. The van der Waals surface area contributed by atoms with Crippen LogP contribution >= 0.6 is 0 Å². The van der Waals surface area contributed by atoms with Crippen molar-refractivity contribution in [2.24, 2.45) is 34.5 Å². The van der Waals surface area contributed by atoms with Crippen LogP contribution in [0.4, 0.5) is 0 Å². The number of carbonyl (C=O) groups is 3. The van der Waals surface area contributed by atoms with Crippen molar-refractivity contribution in [1.82, 2.24) is 0 Å². The lowest BCUT2D eigenvalue weighted by Crippen LogP contribution is -2.61. The van der Waals surface area contributed by atoms with Gasteiger partial charge in [-0.15, -0.1) is 0 Å². The Morgan fingerprint density at radius 2 is 2.00 bits per heavy atom. The Balaban J connectivity index is 1.79. The van der Waals surface area contributed by atoms with E-state index in [0.717, 1.165) is 18.4 Å². The molecule has 5 heteroatoms. The number of allylic oxidation sites excluding steroid dienone is 4. The molecule has 0 aliphatic heterocycles. The normalized spacial score (nSPS) is 48.6. The SMILES string of the molecule is C[C@H]1C[C@@H]2[C@H]3CCC4=CC(=O)C=C[C@]4(C)[C@@H]3C(=O)C[C@]2(C)[C@]1(O)C(=O)CO. The zero-order chi connectivity index (χ0) is 19.8. The first-order valence-corrected chi connectivity index (χ1v) is 9.93. The van der Waals surface area contributed by atoms with E-state index >= 15 is 0 Å². The summed E-state index contributed by atoms with van der Waals surface area (Å²) in [7, 11) is 0. The van der Waals surface area contributed by atoms with Gasteiger partial charge in [0.2, 0.25) is 0 Å². The molecule has 0 aromatic heterocycles. The van der Waals surface area contributed by atoms with E-state index in [1.807, 2.05) is 26.8 Å². The van der Waals surface area contributed by atoms with Crippen molar-refractivity contribution in [3.05, 3.63) is 23.8 Å². The summed E-state index contributed by atoms with van der Waals surface area (Å²) in [6.07, 6.45) is 7.49. The summed E-state index contributed by atoms with van der Waals surface area (Å²) in [5.74, 6) is -0.947. The van der Waals surface area contributed by atoms with Crippen molar-refractivity contribution in [1.29, 1.82) is 0 Å². The van der Waals surface area contributed by atoms with E-state index in [2.05, 4.69) is 0 Å². The molecule has 3 saturated carbocycles. The summed E-state index contributed by atoms with van der Waals surface area (Å²) >= 11 is 0. The standard InChI is InChI=1S/C22H28O5/c1-12-8-16-15-5-4-13-9-14(24)6-7-20(13,2)19(15)17(25)10-21(16,3)22(12,27)18(26)11-23/h6-7,9,12,15-16,19,23,27H,4-5,8,10-11H2,1-3H3/t12-,15+,16+,19-,20-,21-,22+/m0/s1. The second-order valence-electron chi connectivity index (χ2n) is 9.52. The molecule has 0 radical (unpaired) electrons. The molecular weight excluding hydrogens is 344 g/mol. The van der Waals surface area contributed by atoms with E-state index in [4.69, 9.17) is 0 Å². The van der Waals surface area contributed by atoms with Crippen LogP contribution in [0.15, 0.2) is 23.8 Å². The van der Waals surface area contributed by atoms with Gasteiger partial charge in [-0.25, -0.2) is 0 Å². The van der Waals surface area contributed by atoms with Crippen LogP contribution < -0.4 is 0 Å². The maximum atomic E-state index is 13.4. The molecule has 146 valence electrons. The fraction of sp³-hybridized carbons (Fsp3) is 0.682. The molecule has 0 amide bonds. The van der Waals surface area contributed by atoms with E-state index in [1.54, 1.807) is 12.2 Å². The third-order valence-corrected chi connectivity index (χ3v) is 8.41. The number of Topliss-reactive ketones (excluding diaryl/α,β-unsaturated/α-hetero) is 2. The average Bonchev–Trinajstić information content (AvgIpc) is 2.82. The molecule has 5 nitrogen and oxygen atoms in total. The van der Waals surface area contributed by atoms with E-state index in [9.17, 15) is 24.6 Å². The van der Waals surface area contributed by atoms with Gasteiger partial charge in [-0.3, -0.25) is 14.4 Å². The summed E-state index contributed by atoms with van der Waals surface area (Å²) in [6.45, 7) is 5.05. The summed E-state index contributed by atoms with van der Waals surface area (Å²) in [6, 6.07) is 0. The Bertz CT molecular complexity index is 795. The first-order chi connectivity index (χ1) is 12.6. The zero-order valence-electron chi connectivity index (χ0n) is 16.2. The van der Waals surface area contributed by atoms with Crippen LogP contribution in [0, 0.1) is 34.5 Å². The molecule has 0 aromatic rings. The largest absolute Gasteiger partial charge is 0.388 e. The molecule has 0 aromatic carbocycles. The first-order valence-electron chi connectivity index (χ1n) is 9.93. The van der Waals surface area contributed by atoms with Crippen molar-refractivity contribution in [2.45, 2.75) is 52.1 Å². The second kappa shape index (κ2) is 5.71. The Kier molecular flexibility index (Phi) is 3.97.